The zero-order chi connectivity index (χ0) is 17.2. The lowest BCUT2D eigenvalue weighted by Crippen LogP contribution is -2.38. The van der Waals surface area contributed by atoms with Crippen molar-refractivity contribution < 1.29 is 4.74 Å². The third kappa shape index (κ3) is 3.38. The molecule has 0 aliphatic carbocycles. The van der Waals surface area contributed by atoms with E-state index in [1.807, 2.05) is 12.1 Å². The van der Waals surface area contributed by atoms with Gasteiger partial charge in [-0.2, -0.15) is 0 Å². The summed E-state index contributed by atoms with van der Waals surface area (Å²) in [6.07, 6.45) is 5.52. The van der Waals surface area contributed by atoms with E-state index in [4.69, 9.17) is 4.74 Å². The first-order chi connectivity index (χ1) is 12.2. The van der Waals surface area contributed by atoms with Crippen molar-refractivity contribution in [3.05, 3.63) is 34.1 Å². The molecule has 2 aliphatic heterocycles. The standard InChI is InChI=1S/C20H27N3O2/c1-2-10-23-11-7-14(8-12-23)25-15-5-6-18-17(13-15)19-16(20(24)22-18)4-3-9-21-19/h5-6,13-14,21H,2-4,7-12H2,1H3,(H,22,24). The van der Waals surface area contributed by atoms with E-state index in [-0.39, 0.29) is 11.7 Å². The second kappa shape index (κ2) is 7.08. The van der Waals surface area contributed by atoms with Gasteiger partial charge in [-0.1, -0.05) is 6.92 Å². The Bertz CT molecular complexity index is 806. The molecular formula is C20H27N3O2. The second-order valence-corrected chi connectivity index (χ2v) is 7.20. The molecule has 0 atom stereocenters. The Kier molecular flexibility index (Phi) is 4.66. The lowest BCUT2D eigenvalue weighted by atomic mass is 10.0. The van der Waals surface area contributed by atoms with Crippen LogP contribution in [0.4, 0.5) is 5.69 Å². The molecule has 1 saturated heterocycles. The molecule has 0 amide bonds. The summed E-state index contributed by atoms with van der Waals surface area (Å²) in [5.41, 5.74) is 2.78. The van der Waals surface area contributed by atoms with Crippen LogP contribution >= 0.6 is 0 Å². The highest BCUT2D eigenvalue weighted by Gasteiger charge is 2.21. The molecule has 3 heterocycles. The molecule has 1 aromatic heterocycles. The highest BCUT2D eigenvalue weighted by atomic mass is 16.5. The molecule has 25 heavy (non-hydrogen) atoms. The zero-order valence-electron chi connectivity index (χ0n) is 14.9. The molecule has 5 heteroatoms. The monoisotopic (exact) mass is 341 g/mol. The van der Waals surface area contributed by atoms with Gasteiger partial charge in [0.05, 0.1) is 11.2 Å². The van der Waals surface area contributed by atoms with Crippen LogP contribution in [0.1, 0.15) is 38.2 Å². The summed E-state index contributed by atoms with van der Waals surface area (Å²) in [6.45, 7) is 6.59. The number of nitrogens with zero attached hydrogens (tertiary/aromatic N) is 1. The fourth-order valence-electron chi connectivity index (χ4n) is 4.06. The van der Waals surface area contributed by atoms with Crippen LogP contribution in [-0.4, -0.2) is 42.2 Å². The number of hydrogen-bond acceptors (Lipinski definition) is 4. The molecule has 2 aromatic rings. The summed E-state index contributed by atoms with van der Waals surface area (Å²) >= 11 is 0. The van der Waals surface area contributed by atoms with Crippen molar-refractivity contribution in [3.63, 3.8) is 0 Å². The molecule has 4 rings (SSSR count). The van der Waals surface area contributed by atoms with Crippen LogP contribution in [0.25, 0.3) is 10.9 Å². The maximum absolute atomic E-state index is 12.2. The second-order valence-electron chi connectivity index (χ2n) is 7.20. The SMILES string of the molecule is CCCN1CCC(Oc2ccc3[nH]c(=O)c4c(c3c2)NCCC4)CC1. The van der Waals surface area contributed by atoms with Crippen molar-refractivity contribution in [1.82, 2.24) is 9.88 Å². The predicted octanol–water partition coefficient (Wildman–Crippen LogP) is 3.14. The van der Waals surface area contributed by atoms with E-state index >= 15 is 0 Å². The smallest absolute Gasteiger partial charge is 0.253 e. The minimum absolute atomic E-state index is 0.0339. The number of rotatable bonds is 4. The molecule has 0 spiro atoms. The summed E-state index contributed by atoms with van der Waals surface area (Å²) in [6, 6.07) is 6.03. The van der Waals surface area contributed by atoms with Gasteiger partial charge in [0.2, 0.25) is 0 Å². The van der Waals surface area contributed by atoms with Crippen LogP contribution < -0.4 is 15.6 Å². The van der Waals surface area contributed by atoms with Crippen LogP contribution in [-0.2, 0) is 6.42 Å². The molecule has 2 aliphatic rings. The summed E-state index contributed by atoms with van der Waals surface area (Å²) in [4.78, 5) is 17.8. The minimum Gasteiger partial charge on any atom is -0.490 e. The van der Waals surface area contributed by atoms with Gasteiger partial charge < -0.3 is 19.9 Å². The summed E-state index contributed by atoms with van der Waals surface area (Å²) in [5.74, 6) is 0.906. The molecule has 5 nitrogen and oxygen atoms in total. The van der Waals surface area contributed by atoms with Crippen LogP contribution in [0, 0.1) is 0 Å². The lowest BCUT2D eigenvalue weighted by Gasteiger charge is -2.32. The molecular weight excluding hydrogens is 314 g/mol. The molecule has 0 saturated carbocycles. The van der Waals surface area contributed by atoms with E-state index in [1.165, 1.54) is 13.0 Å². The lowest BCUT2D eigenvalue weighted by molar-refractivity contribution is 0.101. The predicted molar refractivity (Wildman–Crippen MR) is 102 cm³/mol. The number of benzene rings is 1. The number of hydrogen-bond donors (Lipinski definition) is 2. The van der Waals surface area contributed by atoms with Gasteiger partial charge in [0.15, 0.2) is 0 Å². The van der Waals surface area contributed by atoms with Crippen LogP contribution in [0.2, 0.25) is 0 Å². The van der Waals surface area contributed by atoms with E-state index in [2.05, 4.69) is 28.2 Å². The number of aromatic amines is 1. The number of anilines is 1. The molecule has 1 aromatic carbocycles. The van der Waals surface area contributed by atoms with Gasteiger partial charge in [0.25, 0.3) is 5.56 Å². The van der Waals surface area contributed by atoms with Gasteiger partial charge in [-0.3, -0.25) is 4.79 Å². The third-order valence-corrected chi connectivity index (χ3v) is 5.37. The Morgan fingerprint density at radius 2 is 2.12 bits per heavy atom. The maximum atomic E-state index is 12.2. The first-order valence-corrected chi connectivity index (χ1v) is 9.56. The molecule has 2 N–H and O–H groups in total. The van der Waals surface area contributed by atoms with Gasteiger partial charge in [0.1, 0.15) is 11.9 Å². The number of fused-ring (bicyclic) bond motifs is 3. The van der Waals surface area contributed by atoms with Gasteiger partial charge in [-0.15, -0.1) is 0 Å². The fourth-order valence-corrected chi connectivity index (χ4v) is 4.06. The Morgan fingerprint density at radius 3 is 2.92 bits per heavy atom. The highest BCUT2D eigenvalue weighted by molar-refractivity contribution is 5.94. The summed E-state index contributed by atoms with van der Waals surface area (Å²) in [5, 5.41) is 4.48. The maximum Gasteiger partial charge on any atom is 0.253 e. The van der Waals surface area contributed by atoms with E-state index in [0.717, 1.165) is 73.2 Å². The Morgan fingerprint density at radius 1 is 1.28 bits per heavy atom. The van der Waals surface area contributed by atoms with Crippen molar-refractivity contribution >= 4 is 16.6 Å². The van der Waals surface area contributed by atoms with Gasteiger partial charge >= 0.3 is 0 Å². The van der Waals surface area contributed by atoms with Gasteiger partial charge in [-0.05, 0) is 56.8 Å². The van der Waals surface area contributed by atoms with Crippen molar-refractivity contribution in [2.45, 2.75) is 45.1 Å². The summed E-state index contributed by atoms with van der Waals surface area (Å²) < 4.78 is 6.26. The van der Waals surface area contributed by atoms with E-state index in [1.54, 1.807) is 0 Å². The van der Waals surface area contributed by atoms with Crippen molar-refractivity contribution in [2.75, 3.05) is 31.5 Å². The largest absolute Gasteiger partial charge is 0.490 e. The third-order valence-electron chi connectivity index (χ3n) is 5.37. The van der Waals surface area contributed by atoms with E-state index < -0.39 is 0 Å². The molecule has 134 valence electrons. The van der Waals surface area contributed by atoms with Crippen LogP contribution in [0.3, 0.4) is 0 Å². The molecule has 1 fully saturated rings. The highest BCUT2D eigenvalue weighted by Crippen LogP contribution is 2.31. The fraction of sp³-hybridized carbons (Fsp3) is 0.550. The number of pyridine rings is 1. The minimum atomic E-state index is 0.0339. The van der Waals surface area contributed by atoms with Gasteiger partial charge in [0, 0.05) is 30.6 Å². The number of nitrogens with one attached hydrogen (secondary N) is 2. The Labute approximate surface area is 148 Å². The van der Waals surface area contributed by atoms with Gasteiger partial charge in [-0.25, -0.2) is 0 Å². The quantitative estimate of drug-likeness (QED) is 0.897. The van der Waals surface area contributed by atoms with Crippen LogP contribution in [0.5, 0.6) is 5.75 Å². The van der Waals surface area contributed by atoms with Crippen molar-refractivity contribution in [2.24, 2.45) is 0 Å². The number of piperidine rings is 1. The molecule has 0 bridgehead atoms. The first-order valence-electron chi connectivity index (χ1n) is 9.56. The first kappa shape index (κ1) is 16.5. The average Bonchev–Trinajstić information content (AvgIpc) is 2.64. The van der Waals surface area contributed by atoms with Crippen LogP contribution in [0.15, 0.2) is 23.0 Å². The number of H-pyrrole nitrogens is 1. The molecule has 0 radical (unpaired) electrons. The number of ether oxygens (including phenoxy) is 1. The number of aromatic nitrogens is 1. The topological polar surface area (TPSA) is 57.4 Å². The normalized spacial score (nSPS) is 18.8. The van der Waals surface area contributed by atoms with E-state index in [0.29, 0.717) is 0 Å². The Hall–Kier alpha value is -2.01. The zero-order valence-corrected chi connectivity index (χ0v) is 14.9. The summed E-state index contributed by atoms with van der Waals surface area (Å²) in [7, 11) is 0. The molecule has 0 unspecified atom stereocenters. The number of likely N-dealkylation sites (tertiary alicyclic amines) is 1. The van der Waals surface area contributed by atoms with Crippen molar-refractivity contribution in [3.8, 4) is 5.75 Å². The van der Waals surface area contributed by atoms with E-state index in [9.17, 15) is 4.79 Å². The average molecular weight is 341 g/mol. The Balaban J connectivity index is 1.55. The van der Waals surface area contributed by atoms with Crippen molar-refractivity contribution in [1.29, 1.82) is 0 Å².